The van der Waals surface area contributed by atoms with Crippen molar-refractivity contribution in [2.45, 2.75) is 5.51 Å². The second-order valence-corrected chi connectivity index (χ2v) is 5.91. The Kier molecular flexibility index (Phi) is 5.49. The van der Waals surface area contributed by atoms with Crippen LogP contribution in [0, 0.1) is 0 Å². The van der Waals surface area contributed by atoms with Gasteiger partial charge in [-0.15, -0.1) is 5.10 Å². The molecule has 1 rings (SSSR count). The molecule has 0 spiro atoms. The van der Waals surface area contributed by atoms with E-state index < -0.39 is 21.4 Å². The lowest BCUT2D eigenvalue weighted by Gasteiger charge is -2.11. The summed E-state index contributed by atoms with van der Waals surface area (Å²) >= 11 is 11.5. The molecule has 1 aromatic carbocycles. The fourth-order valence-electron chi connectivity index (χ4n) is 1.06. The Morgan fingerprint density at radius 3 is 2.14 bits per heavy atom. The van der Waals surface area contributed by atoms with Gasteiger partial charge < -0.3 is 15.7 Å². The molecular formula is C9H7Cl2F3N4O3S. The third-order valence-electron chi connectivity index (χ3n) is 1.90. The first-order valence-electron chi connectivity index (χ1n) is 5.06. The summed E-state index contributed by atoms with van der Waals surface area (Å²) < 4.78 is 62.2. The highest BCUT2D eigenvalue weighted by molar-refractivity contribution is 7.88. The lowest BCUT2D eigenvalue weighted by molar-refractivity contribution is -0.0500. The van der Waals surface area contributed by atoms with E-state index in [1.807, 2.05) is 0 Å². The van der Waals surface area contributed by atoms with Crippen molar-refractivity contribution in [1.82, 2.24) is 0 Å². The van der Waals surface area contributed by atoms with E-state index in [9.17, 15) is 21.6 Å². The average molecular weight is 379 g/mol. The van der Waals surface area contributed by atoms with Crippen LogP contribution in [0.1, 0.15) is 5.56 Å². The quantitative estimate of drug-likeness (QED) is 0.272. The van der Waals surface area contributed by atoms with E-state index in [1.165, 1.54) is 0 Å². The molecule has 4 N–H and O–H groups in total. The number of hydrogen-bond acceptors (Lipinski definition) is 5. The maximum absolute atomic E-state index is 12.2. The Bertz CT molecular complexity index is 707. The van der Waals surface area contributed by atoms with E-state index in [0.717, 1.165) is 18.3 Å². The van der Waals surface area contributed by atoms with Crippen molar-refractivity contribution in [1.29, 1.82) is 0 Å². The molecule has 0 saturated carbocycles. The summed E-state index contributed by atoms with van der Waals surface area (Å²) in [4.78, 5) is 0. The number of halogens is 5. The van der Waals surface area contributed by atoms with Crippen molar-refractivity contribution in [2.75, 3.05) is 0 Å². The van der Waals surface area contributed by atoms with Gasteiger partial charge in [0.15, 0.2) is 0 Å². The van der Waals surface area contributed by atoms with Crippen LogP contribution in [0.5, 0.6) is 5.75 Å². The summed E-state index contributed by atoms with van der Waals surface area (Å²) in [5.74, 6) is -1.06. The van der Waals surface area contributed by atoms with Crippen molar-refractivity contribution >= 4 is 45.5 Å². The molecule has 0 aliphatic heterocycles. The van der Waals surface area contributed by atoms with Crippen LogP contribution in [0.3, 0.4) is 0 Å². The minimum absolute atomic E-state index is 0.0464. The molecule has 1 aromatic rings. The topological polar surface area (TPSA) is 120 Å². The largest absolute Gasteiger partial charge is 0.534 e. The molecule has 122 valence electrons. The smallest absolute Gasteiger partial charge is 0.376 e. The Labute approximate surface area is 132 Å². The molecule has 0 heterocycles. The maximum Gasteiger partial charge on any atom is 0.534 e. The molecule has 0 aliphatic carbocycles. The first kappa shape index (κ1) is 18.3. The van der Waals surface area contributed by atoms with Crippen molar-refractivity contribution in [3.05, 3.63) is 27.7 Å². The number of alkyl halides is 3. The summed E-state index contributed by atoms with van der Waals surface area (Å²) in [6, 6.07) is 1.63. The first-order valence-corrected chi connectivity index (χ1v) is 7.22. The van der Waals surface area contributed by atoms with Gasteiger partial charge in [0.05, 0.1) is 16.3 Å². The molecule has 22 heavy (non-hydrogen) atoms. The highest BCUT2D eigenvalue weighted by Gasteiger charge is 2.48. The minimum atomic E-state index is -5.83. The van der Waals surface area contributed by atoms with Crippen molar-refractivity contribution in [3.8, 4) is 5.75 Å². The molecule has 0 atom stereocenters. The summed E-state index contributed by atoms with van der Waals surface area (Å²) in [5, 5.41) is 6.22. The molecule has 0 bridgehead atoms. The zero-order chi connectivity index (χ0) is 17.1. The molecule has 7 nitrogen and oxygen atoms in total. The fraction of sp³-hybridized carbons (Fsp3) is 0.111. The molecule has 0 amide bonds. The number of nitrogens with zero attached hydrogens (tertiary/aromatic N) is 2. The predicted molar refractivity (Wildman–Crippen MR) is 75.5 cm³/mol. The van der Waals surface area contributed by atoms with Crippen molar-refractivity contribution in [3.63, 3.8) is 0 Å². The maximum atomic E-state index is 12.2. The number of hydrogen-bond donors (Lipinski definition) is 2. The average Bonchev–Trinajstić information content (AvgIpc) is 2.30. The van der Waals surface area contributed by atoms with Crippen LogP contribution in [0.4, 0.5) is 13.2 Å². The van der Waals surface area contributed by atoms with Gasteiger partial charge in [-0.05, 0) is 0 Å². The number of rotatable bonds is 4. The Morgan fingerprint density at radius 2 is 1.73 bits per heavy atom. The van der Waals surface area contributed by atoms with Gasteiger partial charge in [0.1, 0.15) is 5.75 Å². The highest BCUT2D eigenvalue weighted by atomic mass is 35.5. The van der Waals surface area contributed by atoms with Crippen LogP contribution in [0.15, 0.2) is 22.3 Å². The lowest BCUT2D eigenvalue weighted by atomic mass is 10.2. The SMILES string of the molecule is NC(N)=N/N=C/c1c(Cl)cc(OS(=O)(=O)C(F)(F)F)cc1Cl. The summed E-state index contributed by atoms with van der Waals surface area (Å²) in [5.41, 5.74) is 4.51. The Balaban J connectivity index is 3.15. The van der Waals surface area contributed by atoms with E-state index in [2.05, 4.69) is 14.4 Å². The monoisotopic (exact) mass is 378 g/mol. The van der Waals surface area contributed by atoms with Gasteiger partial charge in [-0.2, -0.15) is 26.7 Å². The minimum Gasteiger partial charge on any atom is -0.376 e. The Hall–Kier alpha value is -1.72. The van der Waals surface area contributed by atoms with E-state index in [1.54, 1.807) is 0 Å². The van der Waals surface area contributed by atoms with Gasteiger partial charge in [-0.25, -0.2) is 0 Å². The summed E-state index contributed by atoms with van der Waals surface area (Å²) in [6.07, 6.45) is 1.02. The van der Waals surface area contributed by atoms with Crippen LogP contribution in [-0.4, -0.2) is 26.1 Å². The van der Waals surface area contributed by atoms with Crippen LogP contribution in [0.2, 0.25) is 10.0 Å². The number of guanidine groups is 1. The van der Waals surface area contributed by atoms with Crippen molar-refractivity contribution in [2.24, 2.45) is 21.7 Å². The Morgan fingerprint density at radius 1 is 1.23 bits per heavy atom. The third-order valence-corrected chi connectivity index (χ3v) is 3.51. The molecular weight excluding hydrogens is 372 g/mol. The van der Waals surface area contributed by atoms with Gasteiger partial charge in [0.25, 0.3) is 0 Å². The summed E-state index contributed by atoms with van der Waals surface area (Å²) in [6.45, 7) is 0. The van der Waals surface area contributed by atoms with Gasteiger partial charge >= 0.3 is 15.6 Å². The molecule has 0 fully saturated rings. The zero-order valence-corrected chi connectivity index (χ0v) is 12.6. The molecule has 0 aliphatic rings. The van der Waals surface area contributed by atoms with Crippen molar-refractivity contribution < 1.29 is 25.8 Å². The van der Waals surface area contributed by atoms with Crippen LogP contribution in [-0.2, 0) is 10.1 Å². The van der Waals surface area contributed by atoms with Crippen LogP contribution < -0.4 is 15.7 Å². The van der Waals surface area contributed by atoms with Gasteiger partial charge in [-0.3, -0.25) is 0 Å². The van der Waals surface area contributed by atoms with Crippen LogP contribution >= 0.6 is 23.2 Å². The molecule has 0 saturated heterocycles. The van der Waals surface area contributed by atoms with Gasteiger partial charge in [0, 0.05) is 17.7 Å². The predicted octanol–water partition coefficient (Wildman–Crippen LogP) is 1.83. The van der Waals surface area contributed by atoms with E-state index in [0.29, 0.717) is 0 Å². The summed E-state index contributed by atoms with van der Waals surface area (Å²) in [7, 11) is -5.83. The van der Waals surface area contributed by atoms with E-state index in [-0.39, 0.29) is 21.6 Å². The zero-order valence-electron chi connectivity index (χ0n) is 10.3. The number of benzene rings is 1. The van der Waals surface area contributed by atoms with Crippen LogP contribution in [0.25, 0.3) is 0 Å². The van der Waals surface area contributed by atoms with Gasteiger partial charge in [0.2, 0.25) is 5.96 Å². The molecule has 13 heteroatoms. The van der Waals surface area contributed by atoms with E-state index >= 15 is 0 Å². The molecule has 0 unspecified atom stereocenters. The second kappa shape index (κ2) is 6.58. The fourth-order valence-corrected chi connectivity index (χ4v) is 2.07. The number of nitrogens with two attached hydrogens (primary N) is 2. The lowest BCUT2D eigenvalue weighted by Crippen LogP contribution is -2.28. The van der Waals surface area contributed by atoms with Gasteiger partial charge in [-0.1, -0.05) is 23.2 Å². The van der Waals surface area contributed by atoms with E-state index in [4.69, 9.17) is 34.7 Å². The molecule has 0 aromatic heterocycles. The normalized spacial score (nSPS) is 12.4. The second-order valence-electron chi connectivity index (χ2n) is 3.55. The first-order chi connectivity index (χ1) is 9.94. The third kappa shape index (κ3) is 4.64. The standard InChI is InChI=1S/C9H7Cl2F3N4O3S/c10-6-1-4(21-22(19,20)9(12,13)14)2-7(11)5(6)3-17-18-8(15)16/h1-3H,(H4,15,16,18)/b17-3+. The highest BCUT2D eigenvalue weighted by Crippen LogP contribution is 2.32. The molecule has 0 radical (unpaired) electrons.